The Kier molecular flexibility index (Phi) is 4.98. The first-order valence-electron chi connectivity index (χ1n) is 9.95. The topological polar surface area (TPSA) is 78.2 Å². The number of nitrogens with zero attached hydrogens (tertiary/aromatic N) is 4. The smallest absolute Gasteiger partial charge is 0.274 e. The van der Waals surface area contributed by atoms with E-state index >= 15 is 0 Å². The molecule has 0 bridgehead atoms. The molecule has 4 heterocycles. The first-order chi connectivity index (χ1) is 14.6. The van der Waals surface area contributed by atoms with E-state index in [0.29, 0.717) is 18.9 Å². The van der Waals surface area contributed by atoms with Crippen molar-refractivity contribution in [3.8, 4) is 17.2 Å². The molecule has 0 unspecified atom stereocenters. The summed E-state index contributed by atoms with van der Waals surface area (Å²) in [6, 6.07) is 7.13. The van der Waals surface area contributed by atoms with Gasteiger partial charge >= 0.3 is 0 Å². The van der Waals surface area contributed by atoms with Crippen molar-refractivity contribution in [1.82, 2.24) is 14.6 Å². The van der Waals surface area contributed by atoms with Gasteiger partial charge in [-0.3, -0.25) is 4.79 Å². The fourth-order valence-corrected chi connectivity index (χ4v) is 4.31. The fraction of sp³-hybridized carbons (Fsp3) is 0.381. The summed E-state index contributed by atoms with van der Waals surface area (Å²) >= 11 is 3.58. The molecule has 0 N–H and O–H groups in total. The van der Waals surface area contributed by atoms with E-state index in [0.717, 1.165) is 59.0 Å². The Morgan fingerprint density at radius 2 is 1.90 bits per heavy atom. The average molecular weight is 473 g/mol. The summed E-state index contributed by atoms with van der Waals surface area (Å²) in [4.78, 5) is 18.7. The predicted octanol–water partition coefficient (Wildman–Crippen LogP) is 2.98. The van der Waals surface area contributed by atoms with Crippen LogP contribution in [0.5, 0.6) is 17.2 Å². The molecule has 0 spiro atoms. The van der Waals surface area contributed by atoms with Crippen molar-refractivity contribution in [3.63, 3.8) is 0 Å². The molecule has 0 amide bonds. The van der Waals surface area contributed by atoms with Gasteiger partial charge in [0.05, 0.1) is 4.47 Å². The lowest BCUT2D eigenvalue weighted by molar-refractivity contribution is 0.159. The second-order valence-corrected chi connectivity index (χ2v) is 8.18. The van der Waals surface area contributed by atoms with E-state index in [1.807, 2.05) is 25.1 Å². The van der Waals surface area contributed by atoms with Crippen molar-refractivity contribution in [2.24, 2.45) is 0 Å². The molecule has 156 valence electrons. The summed E-state index contributed by atoms with van der Waals surface area (Å²) in [5.74, 6) is 3.08. The van der Waals surface area contributed by atoms with Crippen LogP contribution in [0.2, 0.25) is 0 Å². The van der Waals surface area contributed by atoms with E-state index in [2.05, 4.69) is 30.9 Å². The second-order valence-electron chi connectivity index (χ2n) is 7.39. The summed E-state index contributed by atoms with van der Waals surface area (Å²) in [7, 11) is 0. The molecule has 8 nitrogen and oxygen atoms in total. The van der Waals surface area contributed by atoms with E-state index in [4.69, 9.17) is 14.2 Å². The molecule has 5 rings (SSSR count). The Morgan fingerprint density at radius 3 is 2.70 bits per heavy atom. The lowest BCUT2D eigenvalue weighted by Crippen LogP contribution is -2.39. The Balaban J connectivity index is 1.31. The van der Waals surface area contributed by atoms with Crippen molar-refractivity contribution < 1.29 is 14.2 Å². The van der Waals surface area contributed by atoms with Gasteiger partial charge < -0.3 is 19.1 Å². The van der Waals surface area contributed by atoms with Crippen LogP contribution in [0, 0.1) is 6.92 Å². The van der Waals surface area contributed by atoms with E-state index in [9.17, 15) is 4.79 Å². The van der Waals surface area contributed by atoms with Crippen molar-refractivity contribution in [2.75, 3.05) is 31.2 Å². The first-order valence-corrected chi connectivity index (χ1v) is 10.7. The Bertz CT molecular complexity index is 1160. The van der Waals surface area contributed by atoms with Crippen LogP contribution in [-0.2, 0) is 0 Å². The van der Waals surface area contributed by atoms with Crippen LogP contribution in [0.15, 0.2) is 39.7 Å². The number of hydrogen-bond acceptors (Lipinski definition) is 7. The van der Waals surface area contributed by atoms with Gasteiger partial charge in [0.25, 0.3) is 5.56 Å². The molecule has 30 heavy (non-hydrogen) atoms. The lowest BCUT2D eigenvalue weighted by atomic mass is 10.1. The first kappa shape index (κ1) is 19.2. The SMILES string of the molecule is Cc1c(N2CCC(Oc3ccc4c(c3)OCCO4)CC2)nn2c(=O)ccnc2c1Br. The van der Waals surface area contributed by atoms with E-state index in [-0.39, 0.29) is 11.7 Å². The zero-order valence-corrected chi connectivity index (χ0v) is 18.1. The van der Waals surface area contributed by atoms with E-state index < -0.39 is 0 Å². The minimum Gasteiger partial charge on any atom is -0.490 e. The number of hydrogen-bond donors (Lipinski definition) is 0. The molecule has 2 aliphatic rings. The van der Waals surface area contributed by atoms with Crippen LogP contribution in [0.3, 0.4) is 0 Å². The third-order valence-electron chi connectivity index (χ3n) is 5.44. The van der Waals surface area contributed by atoms with Gasteiger partial charge in [-0.2, -0.15) is 4.52 Å². The molecule has 9 heteroatoms. The summed E-state index contributed by atoms with van der Waals surface area (Å²) in [5, 5.41) is 4.58. The number of benzene rings is 1. The minimum absolute atomic E-state index is 0.109. The van der Waals surface area contributed by atoms with Gasteiger partial charge in [0.1, 0.15) is 25.1 Å². The number of piperidine rings is 1. The van der Waals surface area contributed by atoms with Crippen molar-refractivity contribution >= 4 is 27.4 Å². The lowest BCUT2D eigenvalue weighted by Gasteiger charge is -2.34. The molecule has 0 saturated carbocycles. The van der Waals surface area contributed by atoms with Gasteiger partial charge in [-0.25, -0.2) is 4.98 Å². The van der Waals surface area contributed by atoms with Gasteiger partial charge in [-0.1, -0.05) is 0 Å². The maximum Gasteiger partial charge on any atom is 0.274 e. The quantitative estimate of drug-likeness (QED) is 0.579. The molecule has 2 aliphatic heterocycles. The zero-order chi connectivity index (χ0) is 20.7. The van der Waals surface area contributed by atoms with Crippen LogP contribution < -0.4 is 24.7 Å². The predicted molar refractivity (Wildman–Crippen MR) is 115 cm³/mol. The Labute approximate surface area is 181 Å². The number of rotatable bonds is 3. The molecule has 0 atom stereocenters. The molecule has 0 aliphatic carbocycles. The summed E-state index contributed by atoms with van der Waals surface area (Å²) in [6.07, 6.45) is 3.32. The monoisotopic (exact) mass is 472 g/mol. The molecular formula is C21H21BrN4O4. The average Bonchev–Trinajstić information content (AvgIpc) is 2.77. The molecule has 1 saturated heterocycles. The number of halogens is 1. The van der Waals surface area contributed by atoms with Gasteiger partial charge in [-0.05, 0) is 35.0 Å². The Hall–Kier alpha value is -2.81. The van der Waals surface area contributed by atoms with Crippen molar-refractivity contribution in [2.45, 2.75) is 25.9 Å². The van der Waals surface area contributed by atoms with Gasteiger partial charge in [0, 0.05) is 49.8 Å². The number of aromatic nitrogens is 3. The zero-order valence-electron chi connectivity index (χ0n) is 16.5. The highest BCUT2D eigenvalue weighted by atomic mass is 79.9. The molecule has 0 radical (unpaired) electrons. The minimum atomic E-state index is -0.196. The molecule has 1 fully saturated rings. The van der Waals surface area contributed by atoms with E-state index in [1.54, 1.807) is 0 Å². The largest absolute Gasteiger partial charge is 0.490 e. The third-order valence-corrected chi connectivity index (χ3v) is 6.39. The molecular weight excluding hydrogens is 452 g/mol. The number of fused-ring (bicyclic) bond motifs is 2. The maximum atomic E-state index is 12.2. The Morgan fingerprint density at radius 1 is 1.13 bits per heavy atom. The summed E-state index contributed by atoms with van der Waals surface area (Å²) in [6.45, 7) is 4.70. The second kappa shape index (κ2) is 7.79. The normalized spacial score (nSPS) is 16.7. The van der Waals surface area contributed by atoms with Crippen LogP contribution in [0.4, 0.5) is 5.82 Å². The highest BCUT2D eigenvalue weighted by Gasteiger charge is 2.25. The van der Waals surface area contributed by atoms with Crippen LogP contribution >= 0.6 is 15.9 Å². The van der Waals surface area contributed by atoms with Crippen LogP contribution in [-0.4, -0.2) is 47.0 Å². The van der Waals surface area contributed by atoms with Gasteiger partial charge in [0.2, 0.25) is 0 Å². The number of anilines is 1. The molecule has 2 aromatic heterocycles. The van der Waals surface area contributed by atoms with Crippen molar-refractivity contribution in [3.05, 3.63) is 50.9 Å². The third kappa shape index (κ3) is 3.47. The number of ether oxygens (including phenoxy) is 3. The fourth-order valence-electron chi connectivity index (χ4n) is 3.86. The van der Waals surface area contributed by atoms with Crippen molar-refractivity contribution in [1.29, 1.82) is 0 Å². The van der Waals surface area contributed by atoms with Gasteiger partial charge in [-0.15, -0.1) is 5.10 Å². The standard InChI is InChI=1S/C21H21BrN4O4/c1-13-19(22)21-23-7-4-18(27)26(21)24-20(13)25-8-5-14(6-9-25)30-15-2-3-16-17(12-15)29-11-10-28-16/h2-4,7,12,14H,5-6,8-11H2,1H3. The van der Waals surface area contributed by atoms with Crippen LogP contribution in [0.1, 0.15) is 18.4 Å². The summed E-state index contributed by atoms with van der Waals surface area (Å²) < 4.78 is 19.5. The molecule has 1 aromatic carbocycles. The van der Waals surface area contributed by atoms with E-state index in [1.165, 1.54) is 16.8 Å². The highest BCUT2D eigenvalue weighted by molar-refractivity contribution is 9.10. The summed E-state index contributed by atoms with van der Waals surface area (Å²) in [5.41, 5.74) is 1.30. The highest BCUT2D eigenvalue weighted by Crippen LogP contribution is 2.35. The van der Waals surface area contributed by atoms with Gasteiger partial charge in [0.15, 0.2) is 23.0 Å². The maximum absolute atomic E-state index is 12.2. The molecule has 3 aromatic rings. The van der Waals surface area contributed by atoms with Crippen LogP contribution in [0.25, 0.3) is 5.65 Å².